The van der Waals surface area contributed by atoms with Gasteiger partial charge in [0.25, 0.3) is 0 Å². The molecule has 64 heteroatoms. The lowest BCUT2D eigenvalue weighted by Crippen LogP contribution is -2.97. The number of aryl methyl sites for hydroxylation is 1. The van der Waals surface area contributed by atoms with Crippen LogP contribution in [0.25, 0.3) is 33.5 Å². The molecule has 0 spiro atoms. The highest BCUT2D eigenvalue weighted by molar-refractivity contribution is 9.10. The molecule has 0 bridgehead atoms. The van der Waals surface area contributed by atoms with Gasteiger partial charge in [-0.3, -0.25) is 4.98 Å². The number of benzene rings is 3. The lowest BCUT2D eigenvalue weighted by atomic mass is 8.22. The van der Waals surface area contributed by atoms with E-state index in [-0.39, 0.29) is 29.7 Å². The van der Waals surface area contributed by atoms with E-state index in [1.165, 1.54) is 0 Å². The Morgan fingerprint density at radius 3 is 0.773 bits per heavy atom. The Balaban J connectivity index is 0.000000598. The Hall–Kier alpha value is 1.32. The van der Waals surface area contributed by atoms with Crippen LogP contribution in [0.3, 0.4) is 0 Å². The molecule has 1 aromatic heterocycles. The van der Waals surface area contributed by atoms with Gasteiger partial charge in [-0.25, -0.2) is 0 Å². The van der Waals surface area contributed by atoms with Crippen molar-refractivity contribution in [3.05, 3.63) is 101 Å². The zero-order chi connectivity index (χ0) is 71.6. The van der Waals surface area contributed by atoms with Gasteiger partial charge in [-0.05, 0) is 41.3 Å². The second kappa shape index (κ2) is 39.0. The van der Waals surface area contributed by atoms with Gasteiger partial charge in [0.15, 0.2) is 0 Å². The predicted molar refractivity (Wildman–Crippen MR) is 470 cm³/mol. The van der Waals surface area contributed by atoms with Crippen molar-refractivity contribution in [2.45, 2.75) is 6.92 Å². The molecule has 0 amide bonds. The van der Waals surface area contributed by atoms with Crippen molar-refractivity contribution < 1.29 is 6.85 Å². The van der Waals surface area contributed by atoms with Crippen molar-refractivity contribution in [2.75, 3.05) is 0 Å². The highest BCUT2D eigenvalue weighted by atomic mass is 79.9. The number of hydrogen-bond acceptors (Lipinski definition) is 1. The minimum Gasteiger partial charge on any atom is -0.256 e. The first-order chi connectivity index (χ1) is 42.9. The van der Waals surface area contributed by atoms with Gasteiger partial charge in [0.2, 0.25) is 0 Å². The van der Waals surface area contributed by atoms with Gasteiger partial charge in [-0.15, -0.1) is 0 Å². The smallest absolute Gasteiger partial charge is 0.0705 e. The van der Waals surface area contributed by atoms with Crippen LogP contribution in [0.1, 0.15) is 12.4 Å². The monoisotopic (exact) mass is 1090 g/mol. The summed E-state index contributed by atoms with van der Waals surface area (Å²) < 4.78 is 41.0. The Morgan fingerprint density at radius 2 is 0.534 bits per heavy atom. The number of hydrogen-bond donors (Lipinski definition) is 0. The molecule has 3 aromatic carbocycles. The first-order valence-corrected chi connectivity index (χ1v) is 29.3. The molecule has 312 valence electrons. The van der Waals surface area contributed by atoms with Gasteiger partial charge < -0.3 is 0 Å². The molecule has 0 aliphatic rings. The van der Waals surface area contributed by atoms with Crippen LogP contribution in [0.4, 0.5) is 0 Å². The summed E-state index contributed by atoms with van der Waals surface area (Å²) in [5.74, 6) is 0. The third kappa shape index (κ3) is 22.2. The Labute approximate surface area is 603 Å². The van der Waals surface area contributed by atoms with Gasteiger partial charge in [0.05, 0.1) is 12.5 Å². The van der Waals surface area contributed by atoms with E-state index in [1.54, 1.807) is 6.20 Å². The number of aromatic nitrogens is 1. The molecule has 1 heterocycles. The average molecular weight is 1080 g/mol. The molecule has 4 rings (SSSR count). The fourth-order valence-electron chi connectivity index (χ4n) is 13.7. The van der Waals surface area contributed by atoms with Crippen molar-refractivity contribution >= 4 is 455 Å². The van der Waals surface area contributed by atoms with Crippen molar-refractivity contribution in [3.63, 3.8) is 0 Å². The summed E-state index contributed by atoms with van der Waals surface area (Å²) in [6.07, 6.45) is -42.3. The maximum Gasteiger partial charge on any atom is 0.0705 e. The summed E-state index contributed by atoms with van der Waals surface area (Å²) in [7, 11) is 212. The normalized spacial score (nSPS) is 10.8. The van der Waals surface area contributed by atoms with Crippen LogP contribution in [-0.2, 0) is 0 Å². The standard InChI is InChI=1S/C24H18BrN.B62/c1-17-15-24(26-16-22(17)18-7-3-2-4-8-18)20-13-11-19(12-14-20)21-9-5-6-10-23(21)25;1-33(2)49(34(3)4)57(50(35(5)6)36(7)8)61(58(51(37(9)10)38(11)12)52(39(13)14)40(15)16)62(59(53(41(17)18)42(19)20)54(43(21)22)44(23)24)60(55(45(25)26)46(27)28)56(47(29)30)48(31)32/h2-16H,1H3;/i2D,3D,4D,7D,8D;. The molecule has 0 saturated carbocycles. The summed E-state index contributed by atoms with van der Waals surface area (Å²) in [6.45, 7) is 1.86. The molecule has 4 aromatic rings. The predicted octanol–water partition coefficient (Wildman–Crippen LogP) is -16.5. The van der Waals surface area contributed by atoms with Crippen LogP contribution in [-0.4, -0.2) is 444 Å². The zero-order valence-electron chi connectivity index (χ0n) is 54.9. The molecule has 0 N–H and O–H groups in total. The molecule has 0 unspecified atom stereocenters. The lowest BCUT2D eigenvalue weighted by molar-refractivity contribution is 1.29. The number of rotatable bonds is 32. The maximum absolute atomic E-state index is 8.21. The molecular weight excluding hydrogens is 1050 g/mol. The zero-order valence-corrected chi connectivity index (χ0v) is 51.5. The molecule has 0 aliphatic carbocycles. The maximum atomic E-state index is 8.21. The van der Waals surface area contributed by atoms with E-state index in [2.05, 4.69) is 27.0 Å². The van der Waals surface area contributed by atoms with Crippen molar-refractivity contribution in [3.8, 4) is 33.5 Å². The van der Waals surface area contributed by atoms with E-state index in [0.717, 1.165) is 32.4 Å². The molecule has 64 radical (unpaired) electrons. The van der Waals surface area contributed by atoms with Gasteiger partial charge in [-0.1, -0.05) is 88.6 Å². The van der Waals surface area contributed by atoms with Crippen LogP contribution >= 0.6 is 15.9 Å². The third-order valence-corrected chi connectivity index (χ3v) is 17.8. The van der Waals surface area contributed by atoms with E-state index >= 15 is 0 Å². The van der Waals surface area contributed by atoms with Gasteiger partial charge in [-0.2, -0.15) is 0 Å². The number of halogens is 1. The van der Waals surface area contributed by atoms with Gasteiger partial charge >= 0.3 is 0 Å². The highest BCUT2D eigenvalue weighted by Gasteiger charge is 2.63. The van der Waals surface area contributed by atoms with Crippen molar-refractivity contribution in [1.29, 1.82) is 0 Å². The molecular formula is C24H18B62BrN. The fraction of sp³-hybridized carbons (Fsp3) is 0.0417. The van der Waals surface area contributed by atoms with Crippen LogP contribution < -0.4 is 0 Å². The molecule has 88 heavy (non-hydrogen) atoms. The first-order valence-electron chi connectivity index (χ1n) is 31.0. The van der Waals surface area contributed by atoms with Gasteiger partial charge in [0.1, 0.15) is 0 Å². The van der Waals surface area contributed by atoms with Crippen LogP contribution in [0.2, 0.25) is 0 Å². The topological polar surface area (TPSA) is 12.9 Å². The van der Waals surface area contributed by atoms with Crippen molar-refractivity contribution in [1.82, 2.24) is 4.98 Å². The Morgan fingerprint density at radius 1 is 0.295 bits per heavy atom. The molecule has 0 saturated heterocycles. The first kappa shape index (κ1) is 75.1. The lowest BCUT2D eigenvalue weighted by Gasteiger charge is -2.59. The quantitative estimate of drug-likeness (QED) is 0.0444. The Bertz CT molecular complexity index is 2560. The number of nitrogens with zero attached hydrogens (tertiary/aromatic N) is 1. The molecule has 0 aliphatic heterocycles. The highest BCUT2D eigenvalue weighted by Crippen LogP contribution is 2.32. The van der Waals surface area contributed by atoms with E-state index in [4.69, 9.17) is 254 Å². The summed E-state index contributed by atoms with van der Waals surface area (Å²) in [6, 6.07) is 16.5. The fourth-order valence-corrected chi connectivity index (χ4v) is 14.2. The third-order valence-electron chi connectivity index (χ3n) is 17.1. The van der Waals surface area contributed by atoms with E-state index in [1.807, 2.05) is 55.5 Å². The summed E-state index contributed by atoms with van der Waals surface area (Å²) >= 11 is 3.58. The molecule has 1 nitrogen and oxygen atoms in total. The minimum atomic E-state index is -1.56. The molecule has 0 atom stereocenters. The van der Waals surface area contributed by atoms with Gasteiger partial charge in [0, 0.05) is 461 Å². The van der Waals surface area contributed by atoms with Crippen LogP contribution in [0, 0.1) is 6.92 Å². The second-order valence-corrected chi connectivity index (χ2v) is 24.1. The van der Waals surface area contributed by atoms with E-state index in [9.17, 15) is 0 Å². The van der Waals surface area contributed by atoms with E-state index in [0.29, 0.717) is 5.56 Å². The van der Waals surface area contributed by atoms with Crippen LogP contribution in [0.15, 0.2) is 95.5 Å². The minimum absolute atomic E-state index is 0.173. The van der Waals surface area contributed by atoms with Crippen LogP contribution in [0.5, 0.6) is 0 Å². The summed E-state index contributed by atoms with van der Waals surface area (Å²) in [5.41, 5.74) is 5.38. The molecule has 0 fully saturated rings. The largest absolute Gasteiger partial charge is 0.256 e. The van der Waals surface area contributed by atoms with E-state index < -0.39 is 198 Å². The Kier molecular flexibility index (Phi) is 33.3. The van der Waals surface area contributed by atoms with Crippen molar-refractivity contribution in [2.24, 2.45) is 0 Å². The SMILES string of the molecule is [2H]c1c([2H])c([2H])c(-c2cnc(-c3ccc(-c4ccccc4Br)cc3)cc2C)c([2H])c1[2H].[B]B([B])B(B([B])[B])B(B(B([B])[B])B([B])[B])B(B(B(B([B])[B])B([B])[B])B(B([B])[B])B([B])[B])B(B(B(B([B])[B])B([B])[B])B(B([B])[B])B([B])[B])B(B(B([B])[B])B([B])[B])B(B([B])[B])B([B])[B]. The summed E-state index contributed by atoms with van der Waals surface area (Å²) in [5, 5.41) is 0. The average Bonchev–Trinajstić information content (AvgIpc) is 0.728. The second-order valence-electron chi connectivity index (χ2n) is 23.3. The summed E-state index contributed by atoms with van der Waals surface area (Å²) in [4.78, 5) is 4.52. The number of pyridine rings is 1.